The summed E-state index contributed by atoms with van der Waals surface area (Å²) >= 11 is 0. The molecule has 0 saturated carbocycles. The highest BCUT2D eigenvalue weighted by Crippen LogP contribution is 2.22. The molecule has 2 aromatic rings. The van der Waals surface area contributed by atoms with Gasteiger partial charge < -0.3 is 9.88 Å². The second-order valence-electron chi connectivity index (χ2n) is 6.56. The number of fused-ring (bicyclic) bond motifs is 1. The van der Waals surface area contributed by atoms with Crippen LogP contribution < -0.4 is 5.32 Å². The van der Waals surface area contributed by atoms with Crippen LogP contribution in [0.4, 0.5) is 0 Å². The highest BCUT2D eigenvalue weighted by atomic mass is 16.1. The van der Waals surface area contributed by atoms with Gasteiger partial charge >= 0.3 is 0 Å². The molecular weight excluding hydrogens is 298 g/mol. The minimum atomic E-state index is -0.0629. The SMILES string of the molecule is CCCCCCCn1c(C(C)NC(=O)CCC)nc2ccccc21. The standard InChI is InChI=1S/C20H31N3O/c1-4-6-7-8-11-15-23-18-14-10-9-13-17(18)22-20(23)16(3)21-19(24)12-5-2/h9-10,13-14,16H,4-8,11-12,15H2,1-3H3,(H,21,24). The van der Waals surface area contributed by atoms with Crippen LogP contribution in [-0.4, -0.2) is 15.5 Å². The summed E-state index contributed by atoms with van der Waals surface area (Å²) in [7, 11) is 0. The first kappa shape index (κ1) is 18.5. The van der Waals surface area contributed by atoms with Crippen LogP contribution in [0.15, 0.2) is 24.3 Å². The Bertz CT molecular complexity index is 647. The van der Waals surface area contributed by atoms with Crippen LogP contribution in [0, 0.1) is 0 Å². The molecule has 4 nitrogen and oxygen atoms in total. The Morgan fingerprint density at radius 2 is 1.88 bits per heavy atom. The molecule has 1 N–H and O–H groups in total. The third-order valence-corrected chi connectivity index (χ3v) is 4.41. The van der Waals surface area contributed by atoms with Gasteiger partial charge in [-0.1, -0.05) is 51.7 Å². The first-order chi connectivity index (χ1) is 11.7. The number of amides is 1. The average molecular weight is 329 g/mol. The third-order valence-electron chi connectivity index (χ3n) is 4.41. The van der Waals surface area contributed by atoms with E-state index in [2.05, 4.69) is 28.9 Å². The van der Waals surface area contributed by atoms with E-state index in [0.29, 0.717) is 6.42 Å². The van der Waals surface area contributed by atoms with E-state index in [1.165, 1.54) is 31.2 Å². The van der Waals surface area contributed by atoms with Crippen LogP contribution in [0.1, 0.15) is 77.6 Å². The zero-order valence-corrected chi connectivity index (χ0v) is 15.3. The first-order valence-corrected chi connectivity index (χ1v) is 9.41. The number of imidazole rings is 1. The maximum Gasteiger partial charge on any atom is 0.220 e. The normalized spacial score (nSPS) is 12.5. The molecular formula is C20H31N3O. The van der Waals surface area contributed by atoms with E-state index >= 15 is 0 Å². The van der Waals surface area contributed by atoms with Crippen LogP contribution in [0.25, 0.3) is 11.0 Å². The van der Waals surface area contributed by atoms with Gasteiger partial charge in [-0.3, -0.25) is 4.79 Å². The van der Waals surface area contributed by atoms with Gasteiger partial charge in [-0.05, 0) is 31.9 Å². The smallest absolute Gasteiger partial charge is 0.220 e. The lowest BCUT2D eigenvalue weighted by Crippen LogP contribution is -2.28. The first-order valence-electron chi connectivity index (χ1n) is 9.41. The molecule has 0 fully saturated rings. The number of para-hydroxylation sites is 2. The Morgan fingerprint density at radius 1 is 1.12 bits per heavy atom. The maximum atomic E-state index is 11.9. The van der Waals surface area contributed by atoms with Crippen molar-refractivity contribution in [1.29, 1.82) is 0 Å². The largest absolute Gasteiger partial charge is 0.346 e. The van der Waals surface area contributed by atoms with E-state index in [4.69, 9.17) is 4.98 Å². The summed E-state index contributed by atoms with van der Waals surface area (Å²) in [5.41, 5.74) is 2.18. The van der Waals surface area contributed by atoms with Crippen LogP contribution in [0.5, 0.6) is 0 Å². The lowest BCUT2D eigenvalue weighted by atomic mass is 10.1. The van der Waals surface area contributed by atoms with E-state index in [9.17, 15) is 4.79 Å². The number of unbranched alkanes of at least 4 members (excludes halogenated alkanes) is 4. The van der Waals surface area contributed by atoms with Gasteiger partial charge in [0.15, 0.2) is 0 Å². The third kappa shape index (κ3) is 4.83. The summed E-state index contributed by atoms with van der Waals surface area (Å²) in [6.45, 7) is 7.26. The van der Waals surface area contributed by atoms with Gasteiger partial charge in [0, 0.05) is 13.0 Å². The fraction of sp³-hybridized carbons (Fsp3) is 0.600. The molecule has 24 heavy (non-hydrogen) atoms. The quantitative estimate of drug-likeness (QED) is 0.625. The van der Waals surface area contributed by atoms with E-state index in [1.807, 2.05) is 26.0 Å². The number of nitrogens with zero attached hydrogens (tertiary/aromatic N) is 2. The van der Waals surface area contributed by atoms with Gasteiger partial charge in [0.2, 0.25) is 5.91 Å². The van der Waals surface area contributed by atoms with Crippen molar-refractivity contribution >= 4 is 16.9 Å². The summed E-state index contributed by atoms with van der Waals surface area (Å²) in [5.74, 6) is 1.07. The molecule has 0 aliphatic heterocycles. The van der Waals surface area contributed by atoms with Crippen molar-refractivity contribution in [1.82, 2.24) is 14.9 Å². The van der Waals surface area contributed by atoms with Crippen molar-refractivity contribution in [3.05, 3.63) is 30.1 Å². The minimum absolute atomic E-state index is 0.0629. The van der Waals surface area contributed by atoms with E-state index < -0.39 is 0 Å². The number of carbonyl (C=O) groups excluding carboxylic acids is 1. The number of nitrogens with one attached hydrogen (secondary N) is 1. The number of rotatable bonds is 10. The molecule has 1 atom stereocenters. The summed E-state index contributed by atoms with van der Waals surface area (Å²) in [6.07, 6.45) is 7.70. The van der Waals surface area contributed by atoms with Gasteiger partial charge in [-0.25, -0.2) is 4.98 Å². The van der Waals surface area contributed by atoms with Crippen LogP contribution in [0.2, 0.25) is 0 Å². The molecule has 2 rings (SSSR count). The number of benzene rings is 1. The highest BCUT2D eigenvalue weighted by molar-refractivity contribution is 5.78. The molecule has 0 aliphatic rings. The van der Waals surface area contributed by atoms with Gasteiger partial charge in [0.25, 0.3) is 0 Å². The Morgan fingerprint density at radius 3 is 2.62 bits per heavy atom. The Labute approximate surface area is 145 Å². The Balaban J connectivity index is 2.14. The van der Waals surface area contributed by atoms with E-state index in [1.54, 1.807) is 0 Å². The summed E-state index contributed by atoms with van der Waals surface area (Å²) in [4.78, 5) is 16.7. The van der Waals surface area contributed by atoms with Gasteiger partial charge in [-0.2, -0.15) is 0 Å². The molecule has 1 aromatic carbocycles. The van der Waals surface area contributed by atoms with Gasteiger partial charge in [-0.15, -0.1) is 0 Å². The van der Waals surface area contributed by atoms with Crippen LogP contribution in [0.3, 0.4) is 0 Å². The second kappa shape index (κ2) is 9.45. The van der Waals surface area contributed by atoms with Gasteiger partial charge in [0.05, 0.1) is 17.1 Å². The van der Waals surface area contributed by atoms with Crippen molar-refractivity contribution in [2.75, 3.05) is 0 Å². The lowest BCUT2D eigenvalue weighted by Gasteiger charge is -2.16. The Hall–Kier alpha value is -1.84. The van der Waals surface area contributed by atoms with Crippen LogP contribution >= 0.6 is 0 Å². The van der Waals surface area contributed by atoms with Crippen molar-refractivity contribution in [2.24, 2.45) is 0 Å². The zero-order valence-electron chi connectivity index (χ0n) is 15.3. The predicted octanol–water partition coefficient (Wildman–Crippen LogP) is 4.98. The number of hydrogen-bond acceptors (Lipinski definition) is 2. The lowest BCUT2D eigenvalue weighted by molar-refractivity contribution is -0.121. The van der Waals surface area contributed by atoms with Crippen molar-refractivity contribution in [3.63, 3.8) is 0 Å². The topological polar surface area (TPSA) is 46.9 Å². The molecule has 0 aliphatic carbocycles. The molecule has 0 spiro atoms. The van der Waals surface area contributed by atoms with E-state index in [0.717, 1.165) is 30.7 Å². The zero-order chi connectivity index (χ0) is 17.4. The number of aromatic nitrogens is 2. The fourth-order valence-corrected chi connectivity index (χ4v) is 3.14. The molecule has 1 heterocycles. The molecule has 0 saturated heterocycles. The maximum absolute atomic E-state index is 11.9. The molecule has 132 valence electrons. The Kier molecular flexibility index (Phi) is 7.29. The second-order valence-corrected chi connectivity index (χ2v) is 6.56. The van der Waals surface area contributed by atoms with Crippen molar-refractivity contribution < 1.29 is 4.79 Å². The summed E-state index contributed by atoms with van der Waals surface area (Å²) in [6, 6.07) is 8.19. The monoisotopic (exact) mass is 329 g/mol. The number of aryl methyl sites for hydroxylation is 1. The van der Waals surface area contributed by atoms with Crippen molar-refractivity contribution in [2.45, 2.75) is 78.3 Å². The molecule has 0 bridgehead atoms. The molecule has 1 unspecified atom stereocenters. The predicted molar refractivity (Wildman–Crippen MR) is 100.0 cm³/mol. The molecule has 1 aromatic heterocycles. The molecule has 1 amide bonds. The fourth-order valence-electron chi connectivity index (χ4n) is 3.14. The summed E-state index contributed by atoms with van der Waals surface area (Å²) < 4.78 is 2.29. The molecule has 0 radical (unpaired) electrons. The van der Waals surface area contributed by atoms with Crippen LogP contribution in [-0.2, 0) is 11.3 Å². The number of carbonyl (C=O) groups is 1. The van der Waals surface area contributed by atoms with Crippen molar-refractivity contribution in [3.8, 4) is 0 Å². The van der Waals surface area contributed by atoms with Gasteiger partial charge in [0.1, 0.15) is 5.82 Å². The molecule has 4 heteroatoms. The summed E-state index contributed by atoms with van der Waals surface area (Å²) in [5, 5.41) is 3.09. The number of hydrogen-bond donors (Lipinski definition) is 1. The average Bonchev–Trinajstić information content (AvgIpc) is 2.94. The minimum Gasteiger partial charge on any atom is -0.346 e. The van der Waals surface area contributed by atoms with E-state index in [-0.39, 0.29) is 11.9 Å². The highest BCUT2D eigenvalue weighted by Gasteiger charge is 2.17.